The van der Waals surface area contributed by atoms with Crippen LogP contribution in [0.3, 0.4) is 0 Å². The fourth-order valence-corrected chi connectivity index (χ4v) is 3.46. The van der Waals surface area contributed by atoms with Crippen LogP contribution in [0.5, 0.6) is 5.88 Å². The standard InChI is InChI=1S/C21H23ClF2N4O4/c1-21(23,24)12-32-19-16(22)7-13(9-27-19)10-28-11-15-14(20(28)31)3-5-25-17(15)8-18(30)26-4-2-6-29/h3,5,7,9,29H,2,4,6,8,10-12H2,1H3,(H,26,30). The number of carbonyl (C=O) groups excluding carboxylic acids is 2. The van der Waals surface area contributed by atoms with Crippen LogP contribution in [0, 0.1) is 0 Å². The van der Waals surface area contributed by atoms with E-state index >= 15 is 0 Å². The van der Waals surface area contributed by atoms with Gasteiger partial charge in [0.25, 0.3) is 11.8 Å². The Labute approximate surface area is 188 Å². The predicted molar refractivity (Wildman–Crippen MR) is 112 cm³/mol. The van der Waals surface area contributed by atoms with Crippen molar-refractivity contribution in [2.24, 2.45) is 0 Å². The number of alkyl halides is 2. The molecular weight excluding hydrogens is 446 g/mol. The van der Waals surface area contributed by atoms with Gasteiger partial charge in [0, 0.05) is 56.7 Å². The zero-order valence-corrected chi connectivity index (χ0v) is 18.2. The summed E-state index contributed by atoms with van der Waals surface area (Å²) in [7, 11) is 0. The zero-order chi connectivity index (χ0) is 23.3. The Morgan fingerprint density at radius 2 is 2.19 bits per heavy atom. The molecule has 2 N–H and O–H groups in total. The highest BCUT2D eigenvalue weighted by atomic mass is 35.5. The summed E-state index contributed by atoms with van der Waals surface area (Å²) in [4.78, 5) is 34.7. The summed E-state index contributed by atoms with van der Waals surface area (Å²) in [5.74, 6) is -3.58. The monoisotopic (exact) mass is 468 g/mol. The second-order valence-corrected chi connectivity index (χ2v) is 7.95. The van der Waals surface area contributed by atoms with Gasteiger partial charge in [0.2, 0.25) is 11.8 Å². The first-order valence-electron chi connectivity index (χ1n) is 9.96. The summed E-state index contributed by atoms with van der Waals surface area (Å²) < 4.78 is 30.9. The molecule has 0 fully saturated rings. The van der Waals surface area contributed by atoms with Gasteiger partial charge in [-0.15, -0.1) is 0 Å². The Kier molecular flexibility index (Phi) is 7.57. The summed E-state index contributed by atoms with van der Waals surface area (Å²) in [6.45, 7) is 0.681. The molecule has 0 bridgehead atoms. The second kappa shape index (κ2) is 10.2. The first-order valence-corrected chi connectivity index (χ1v) is 10.3. The number of pyridine rings is 2. The Bertz CT molecular complexity index is 1000. The van der Waals surface area contributed by atoms with Crippen LogP contribution in [0.4, 0.5) is 8.78 Å². The quantitative estimate of drug-likeness (QED) is 0.519. The minimum absolute atomic E-state index is 0.0141. The van der Waals surface area contributed by atoms with Crippen molar-refractivity contribution >= 4 is 23.4 Å². The van der Waals surface area contributed by atoms with Gasteiger partial charge in [0.1, 0.15) is 5.02 Å². The topological polar surface area (TPSA) is 105 Å². The van der Waals surface area contributed by atoms with E-state index in [0.29, 0.717) is 35.3 Å². The Hall–Kier alpha value is -2.85. The molecule has 1 aliphatic heterocycles. The summed E-state index contributed by atoms with van der Waals surface area (Å²) in [6, 6.07) is 3.12. The molecule has 0 spiro atoms. The molecule has 0 saturated heterocycles. The summed E-state index contributed by atoms with van der Waals surface area (Å²) in [5.41, 5.74) is 2.27. The summed E-state index contributed by atoms with van der Waals surface area (Å²) >= 11 is 6.10. The number of nitrogens with one attached hydrogen (secondary N) is 1. The van der Waals surface area contributed by atoms with E-state index in [1.807, 2.05) is 0 Å². The highest BCUT2D eigenvalue weighted by Gasteiger charge is 2.30. The number of ether oxygens (including phenoxy) is 1. The largest absolute Gasteiger partial charge is 0.470 e. The van der Waals surface area contributed by atoms with Gasteiger partial charge in [-0.3, -0.25) is 14.6 Å². The van der Waals surface area contributed by atoms with E-state index in [1.54, 1.807) is 11.0 Å². The first kappa shape index (κ1) is 23.8. The van der Waals surface area contributed by atoms with Crippen molar-refractivity contribution in [1.82, 2.24) is 20.2 Å². The van der Waals surface area contributed by atoms with Crippen LogP contribution in [0.15, 0.2) is 24.5 Å². The van der Waals surface area contributed by atoms with Gasteiger partial charge in [0.15, 0.2) is 6.61 Å². The van der Waals surface area contributed by atoms with Gasteiger partial charge < -0.3 is 20.1 Å². The molecule has 32 heavy (non-hydrogen) atoms. The van der Waals surface area contributed by atoms with E-state index < -0.39 is 12.5 Å². The number of halogens is 3. The number of hydrogen-bond acceptors (Lipinski definition) is 6. The number of aromatic nitrogens is 2. The minimum atomic E-state index is -3.01. The van der Waals surface area contributed by atoms with Crippen molar-refractivity contribution in [2.75, 3.05) is 19.8 Å². The Morgan fingerprint density at radius 1 is 1.41 bits per heavy atom. The molecule has 0 aliphatic carbocycles. The molecule has 3 heterocycles. The molecule has 1 aliphatic rings. The highest BCUT2D eigenvalue weighted by molar-refractivity contribution is 6.31. The second-order valence-electron chi connectivity index (χ2n) is 7.54. The number of aliphatic hydroxyl groups is 1. The molecule has 172 valence electrons. The number of carbonyl (C=O) groups is 2. The van der Waals surface area contributed by atoms with Crippen molar-refractivity contribution in [1.29, 1.82) is 0 Å². The normalized spacial score (nSPS) is 13.3. The molecule has 2 aromatic rings. The van der Waals surface area contributed by atoms with Crippen LogP contribution in [0.2, 0.25) is 5.02 Å². The fourth-order valence-electron chi connectivity index (χ4n) is 3.22. The van der Waals surface area contributed by atoms with Gasteiger partial charge in [-0.1, -0.05) is 11.6 Å². The number of hydrogen-bond donors (Lipinski definition) is 2. The molecule has 2 amide bonds. The van der Waals surface area contributed by atoms with Gasteiger partial charge >= 0.3 is 0 Å². The lowest BCUT2D eigenvalue weighted by Crippen LogP contribution is -2.27. The Morgan fingerprint density at radius 3 is 2.88 bits per heavy atom. The van der Waals surface area contributed by atoms with E-state index in [2.05, 4.69) is 15.3 Å². The molecular formula is C21H23ClF2N4O4. The molecule has 2 aromatic heterocycles. The molecule has 0 saturated carbocycles. The molecule has 0 aromatic carbocycles. The van der Waals surface area contributed by atoms with Crippen molar-refractivity contribution in [3.05, 3.63) is 51.9 Å². The van der Waals surface area contributed by atoms with Crippen LogP contribution in [0.25, 0.3) is 0 Å². The summed E-state index contributed by atoms with van der Waals surface area (Å²) in [5, 5.41) is 11.6. The van der Waals surface area contributed by atoms with Gasteiger partial charge in [-0.2, -0.15) is 0 Å². The lowest BCUT2D eigenvalue weighted by molar-refractivity contribution is -0.120. The maximum atomic E-state index is 13.0. The first-order chi connectivity index (χ1) is 15.2. The molecule has 3 rings (SSSR count). The number of fused-ring (bicyclic) bond motifs is 1. The summed E-state index contributed by atoms with van der Waals surface area (Å²) in [6.07, 6.45) is 3.39. The average molecular weight is 469 g/mol. The van der Waals surface area contributed by atoms with E-state index in [4.69, 9.17) is 21.4 Å². The Balaban J connectivity index is 1.67. The lowest BCUT2D eigenvalue weighted by atomic mass is 10.1. The van der Waals surface area contributed by atoms with E-state index in [9.17, 15) is 18.4 Å². The van der Waals surface area contributed by atoms with Crippen molar-refractivity contribution in [3.63, 3.8) is 0 Å². The zero-order valence-electron chi connectivity index (χ0n) is 17.4. The van der Waals surface area contributed by atoms with E-state index in [0.717, 1.165) is 6.92 Å². The van der Waals surface area contributed by atoms with Crippen molar-refractivity contribution < 1.29 is 28.2 Å². The molecule has 0 unspecified atom stereocenters. The van der Waals surface area contributed by atoms with Gasteiger partial charge in [-0.25, -0.2) is 13.8 Å². The van der Waals surface area contributed by atoms with E-state index in [-0.39, 0.29) is 48.8 Å². The predicted octanol–water partition coefficient (Wildman–Crippen LogP) is 2.36. The molecule has 11 heteroatoms. The smallest absolute Gasteiger partial charge is 0.278 e. The molecule has 8 nitrogen and oxygen atoms in total. The van der Waals surface area contributed by atoms with Crippen LogP contribution < -0.4 is 10.1 Å². The van der Waals surface area contributed by atoms with Crippen molar-refractivity contribution in [3.8, 4) is 5.88 Å². The van der Waals surface area contributed by atoms with Crippen LogP contribution >= 0.6 is 11.6 Å². The maximum absolute atomic E-state index is 13.0. The maximum Gasteiger partial charge on any atom is 0.278 e. The third-order valence-corrected chi connectivity index (χ3v) is 4.97. The number of aliphatic hydroxyl groups excluding tert-OH is 1. The van der Waals surface area contributed by atoms with Crippen LogP contribution in [-0.4, -0.2) is 57.5 Å². The fraction of sp³-hybridized carbons (Fsp3) is 0.429. The molecule has 0 radical (unpaired) electrons. The third-order valence-electron chi connectivity index (χ3n) is 4.70. The van der Waals surface area contributed by atoms with Gasteiger partial charge in [-0.05, 0) is 24.1 Å². The lowest BCUT2D eigenvalue weighted by Gasteiger charge is -2.17. The van der Waals surface area contributed by atoms with Crippen LogP contribution in [0.1, 0.15) is 40.5 Å². The molecule has 0 atom stereocenters. The number of nitrogens with zero attached hydrogens (tertiary/aromatic N) is 3. The SMILES string of the molecule is CC(F)(F)COc1ncc(CN2Cc3c(ccnc3CC(=O)NCCCO)C2=O)cc1Cl. The highest BCUT2D eigenvalue weighted by Crippen LogP contribution is 2.29. The van der Waals surface area contributed by atoms with Gasteiger partial charge in [0.05, 0.1) is 12.1 Å². The van der Waals surface area contributed by atoms with Crippen molar-refractivity contribution in [2.45, 2.75) is 38.8 Å². The number of amides is 2. The number of rotatable bonds is 10. The third kappa shape index (κ3) is 6.10. The average Bonchev–Trinajstić information content (AvgIpc) is 3.03. The van der Waals surface area contributed by atoms with E-state index in [1.165, 1.54) is 18.5 Å². The minimum Gasteiger partial charge on any atom is -0.470 e. The van der Waals surface area contributed by atoms with Crippen LogP contribution in [-0.2, 0) is 24.3 Å².